The Morgan fingerprint density at radius 3 is 2.87 bits per heavy atom. The number of benzene rings is 1. The monoisotopic (exact) mass is 211 g/mol. The molecule has 0 saturated heterocycles. The van der Waals surface area contributed by atoms with E-state index in [1.54, 1.807) is 6.07 Å². The van der Waals surface area contributed by atoms with E-state index in [0.29, 0.717) is 11.5 Å². The van der Waals surface area contributed by atoms with Crippen LogP contribution in [0.1, 0.15) is 24.8 Å². The Kier molecular flexibility index (Phi) is 3.00. The average Bonchev–Trinajstić information content (AvgIpc) is 2.94. The molecule has 82 valence electrons. The molecule has 3 heteroatoms. The summed E-state index contributed by atoms with van der Waals surface area (Å²) in [7, 11) is 0. The molecule has 1 aliphatic carbocycles. The van der Waals surface area contributed by atoms with Crippen LogP contribution in [0.3, 0.4) is 0 Å². The summed E-state index contributed by atoms with van der Waals surface area (Å²) in [6, 6.07) is 3.88. The third kappa shape index (κ3) is 2.34. The van der Waals surface area contributed by atoms with Gasteiger partial charge in [-0.15, -0.1) is 0 Å². The first-order valence-corrected chi connectivity index (χ1v) is 5.38. The van der Waals surface area contributed by atoms with E-state index in [9.17, 15) is 8.78 Å². The van der Waals surface area contributed by atoms with Crippen molar-refractivity contribution in [3.63, 3.8) is 0 Å². The van der Waals surface area contributed by atoms with Crippen LogP contribution in [0.4, 0.5) is 8.78 Å². The van der Waals surface area contributed by atoms with Gasteiger partial charge in [-0.1, -0.05) is 13.0 Å². The van der Waals surface area contributed by atoms with Gasteiger partial charge < -0.3 is 5.32 Å². The molecule has 0 aromatic heterocycles. The van der Waals surface area contributed by atoms with Crippen molar-refractivity contribution in [2.75, 3.05) is 13.1 Å². The zero-order valence-electron chi connectivity index (χ0n) is 8.76. The highest BCUT2D eigenvalue weighted by atomic mass is 19.1. The minimum atomic E-state index is -0.500. The maximum Gasteiger partial charge on any atom is 0.129 e. The van der Waals surface area contributed by atoms with E-state index in [4.69, 9.17) is 0 Å². The largest absolute Gasteiger partial charge is 0.317 e. The smallest absolute Gasteiger partial charge is 0.129 e. The fourth-order valence-corrected chi connectivity index (χ4v) is 1.99. The van der Waals surface area contributed by atoms with Crippen molar-refractivity contribution in [2.45, 2.75) is 19.3 Å². The van der Waals surface area contributed by atoms with Crippen molar-refractivity contribution >= 4 is 0 Å². The van der Waals surface area contributed by atoms with Crippen molar-refractivity contribution in [3.8, 4) is 0 Å². The highest BCUT2D eigenvalue weighted by Gasteiger charge is 2.39. The van der Waals surface area contributed by atoms with E-state index in [-0.39, 0.29) is 5.92 Å². The molecular formula is C12H15F2N. The second-order valence-corrected chi connectivity index (χ2v) is 4.08. The topological polar surface area (TPSA) is 12.0 Å². The van der Waals surface area contributed by atoms with Crippen LogP contribution < -0.4 is 5.32 Å². The van der Waals surface area contributed by atoms with Crippen molar-refractivity contribution in [1.82, 2.24) is 5.32 Å². The maximum atomic E-state index is 13.4. The van der Waals surface area contributed by atoms with Gasteiger partial charge in [0, 0.05) is 6.07 Å². The lowest BCUT2D eigenvalue weighted by Gasteiger charge is -2.03. The molecule has 0 spiro atoms. The number of halogens is 2. The minimum absolute atomic E-state index is 0.282. The fraction of sp³-hybridized carbons (Fsp3) is 0.500. The Hall–Kier alpha value is -0.960. The van der Waals surface area contributed by atoms with Crippen LogP contribution in [0, 0.1) is 17.6 Å². The number of nitrogens with one attached hydrogen (secondary N) is 1. The van der Waals surface area contributed by atoms with Gasteiger partial charge >= 0.3 is 0 Å². The summed E-state index contributed by atoms with van der Waals surface area (Å²) in [4.78, 5) is 0. The molecule has 1 fully saturated rings. The van der Waals surface area contributed by atoms with Crippen LogP contribution in [0.25, 0.3) is 0 Å². The molecule has 0 amide bonds. The molecule has 0 radical (unpaired) electrons. The first-order chi connectivity index (χ1) is 7.22. The lowest BCUT2D eigenvalue weighted by Crippen LogP contribution is -2.16. The van der Waals surface area contributed by atoms with Gasteiger partial charge in [-0.25, -0.2) is 8.78 Å². The van der Waals surface area contributed by atoms with Crippen LogP contribution in [0.15, 0.2) is 18.2 Å². The maximum absolute atomic E-state index is 13.4. The Morgan fingerprint density at radius 2 is 2.20 bits per heavy atom. The lowest BCUT2D eigenvalue weighted by molar-refractivity contribution is 0.567. The van der Waals surface area contributed by atoms with E-state index in [2.05, 4.69) is 12.2 Å². The predicted octanol–water partition coefficient (Wildman–Crippen LogP) is 2.68. The van der Waals surface area contributed by atoms with Crippen molar-refractivity contribution < 1.29 is 8.78 Å². The summed E-state index contributed by atoms with van der Waals surface area (Å²) in [6.45, 7) is 3.92. The zero-order chi connectivity index (χ0) is 10.8. The molecule has 1 N–H and O–H groups in total. The zero-order valence-corrected chi connectivity index (χ0v) is 8.76. The third-order valence-electron chi connectivity index (χ3n) is 2.94. The normalized spacial score (nSPS) is 24.2. The lowest BCUT2D eigenvalue weighted by atomic mass is 10.1. The molecule has 0 bridgehead atoms. The number of hydrogen-bond acceptors (Lipinski definition) is 1. The van der Waals surface area contributed by atoms with E-state index in [0.717, 1.165) is 25.6 Å². The second kappa shape index (κ2) is 4.27. The summed E-state index contributed by atoms with van der Waals surface area (Å²) in [5.74, 6) is -0.103. The highest BCUT2D eigenvalue weighted by Crippen LogP contribution is 2.47. The van der Waals surface area contributed by atoms with Crippen LogP contribution in [-0.4, -0.2) is 13.1 Å². The summed E-state index contributed by atoms with van der Waals surface area (Å²) in [5.41, 5.74) is 0.666. The number of hydrogen-bond donors (Lipinski definition) is 1. The van der Waals surface area contributed by atoms with Crippen LogP contribution >= 0.6 is 0 Å². The van der Waals surface area contributed by atoms with Crippen LogP contribution in [0.2, 0.25) is 0 Å². The molecule has 1 aromatic rings. The Morgan fingerprint density at radius 1 is 1.40 bits per heavy atom. The molecule has 1 nitrogen and oxygen atoms in total. The molecular weight excluding hydrogens is 196 g/mol. The Balaban J connectivity index is 2.00. The van der Waals surface area contributed by atoms with E-state index >= 15 is 0 Å². The van der Waals surface area contributed by atoms with Crippen molar-refractivity contribution in [1.29, 1.82) is 0 Å². The Labute approximate surface area is 88.5 Å². The average molecular weight is 211 g/mol. The van der Waals surface area contributed by atoms with Gasteiger partial charge in [-0.3, -0.25) is 0 Å². The molecule has 2 rings (SSSR count). The van der Waals surface area contributed by atoms with Gasteiger partial charge in [0.25, 0.3) is 0 Å². The van der Waals surface area contributed by atoms with Gasteiger partial charge in [0.1, 0.15) is 11.6 Å². The van der Waals surface area contributed by atoms with Gasteiger partial charge in [-0.2, -0.15) is 0 Å². The molecule has 1 saturated carbocycles. The van der Waals surface area contributed by atoms with Crippen LogP contribution in [0.5, 0.6) is 0 Å². The van der Waals surface area contributed by atoms with E-state index in [1.807, 2.05) is 0 Å². The summed E-state index contributed by atoms with van der Waals surface area (Å²) in [6.07, 6.45) is 1.01. The van der Waals surface area contributed by atoms with Gasteiger partial charge in [0.2, 0.25) is 0 Å². The summed E-state index contributed by atoms with van der Waals surface area (Å²) < 4.78 is 26.1. The molecule has 1 aliphatic rings. The molecule has 0 aliphatic heterocycles. The first kappa shape index (κ1) is 10.6. The standard InChI is InChI=1S/C12H15F2N/c1-2-15-7-8-5-11(8)10-4-3-9(13)6-12(10)14/h3-4,6,8,11,15H,2,5,7H2,1H3. The second-order valence-electron chi connectivity index (χ2n) is 4.08. The highest BCUT2D eigenvalue weighted by molar-refractivity contribution is 5.28. The van der Waals surface area contributed by atoms with Gasteiger partial charge in [0.05, 0.1) is 0 Å². The van der Waals surface area contributed by atoms with E-state index < -0.39 is 11.6 Å². The van der Waals surface area contributed by atoms with Crippen LogP contribution in [-0.2, 0) is 0 Å². The van der Waals surface area contributed by atoms with Crippen molar-refractivity contribution in [2.24, 2.45) is 5.92 Å². The van der Waals surface area contributed by atoms with Crippen molar-refractivity contribution in [3.05, 3.63) is 35.4 Å². The summed E-state index contributed by atoms with van der Waals surface area (Å²) >= 11 is 0. The van der Waals surface area contributed by atoms with E-state index in [1.165, 1.54) is 6.07 Å². The fourth-order valence-electron chi connectivity index (χ4n) is 1.99. The Bertz CT molecular complexity index is 351. The van der Waals surface area contributed by atoms with Gasteiger partial charge in [-0.05, 0) is 43.0 Å². The number of rotatable bonds is 4. The molecule has 2 atom stereocenters. The predicted molar refractivity (Wildman–Crippen MR) is 55.7 cm³/mol. The molecule has 2 unspecified atom stereocenters. The van der Waals surface area contributed by atoms with Gasteiger partial charge in [0.15, 0.2) is 0 Å². The molecule has 0 heterocycles. The minimum Gasteiger partial charge on any atom is -0.317 e. The first-order valence-electron chi connectivity index (χ1n) is 5.38. The molecule has 1 aromatic carbocycles. The molecule has 15 heavy (non-hydrogen) atoms. The third-order valence-corrected chi connectivity index (χ3v) is 2.94. The summed E-state index contributed by atoms with van der Waals surface area (Å²) in [5, 5.41) is 3.24. The SMILES string of the molecule is CCNCC1CC1c1ccc(F)cc1F. The quantitative estimate of drug-likeness (QED) is 0.807.